The molecule has 4 heteroatoms. The molecule has 2 aromatic rings. The van der Waals surface area contributed by atoms with Gasteiger partial charge < -0.3 is 4.74 Å². The van der Waals surface area contributed by atoms with E-state index in [9.17, 15) is 8.42 Å². The first-order valence-electron chi connectivity index (χ1n) is 6.54. The van der Waals surface area contributed by atoms with E-state index in [2.05, 4.69) is 0 Å². The molecule has 0 spiro atoms. The largest absolute Gasteiger partial charge is 0.497 e. The highest BCUT2D eigenvalue weighted by Gasteiger charge is 2.13. The molecule has 0 amide bonds. The summed E-state index contributed by atoms with van der Waals surface area (Å²) in [6, 6.07) is 14.6. The smallest absolute Gasteiger partial charge is 0.178 e. The van der Waals surface area contributed by atoms with E-state index >= 15 is 0 Å². The van der Waals surface area contributed by atoms with Crippen molar-refractivity contribution in [3.05, 3.63) is 48.5 Å². The van der Waals surface area contributed by atoms with Crippen LogP contribution in [-0.4, -0.2) is 21.3 Å². The van der Waals surface area contributed by atoms with E-state index in [-0.39, 0.29) is 5.75 Å². The van der Waals surface area contributed by atoms with Gasteiger partial charge in [-0.05, 0) is 41.8 Å². The number of rotatable bonds is 5. The van der Waals surface area contributed by atoms with E-state index in [0.717, 1.165) is 16.9 Å². The van der Waals surface area contributed by atoms with Crippen LogP contribution in [0.3, 0.4) is 0 Å². The highest BCUT2D eigenvalue weighted by atomic mass is 32.2. The second kappa shape index (κ2) is 6.09. The molecule has 0 heterocycles. The second-order valence-electron chi connectivity index (χ2n) is 4.58. The average Bonchev–Trinajstić information content (AvgIpc) is 2.47. The number of benzene rings is 2. The molecule has 0 aliphatic rings. The van der Waals surface area contributed by atoms with Gasteiger partial charge in [0.15, 0.2) is 9.84 Å². The van der Waals surface area contributed by atoms with Gasteiger partial charge in [0.1, 0.15) is 5.75 Å². The quantitative estimate of drug-likeness (QED) is 0.846. The minimum absolute atomic E-state index is 0.180. The zero-order valence-electron chi connectivity index (χ0n) is 11.7. The van der Waals surface area contributed by atoms with Gasteiger partial charge in [-0.3, -0.25) is 0 Å². The van der Waals surface area contributed by atoms with Crippen LogP contribution in [-0.2, 0) is 9.84 Å². The van der Waals surface area contributed by atoms with Crippen molar-refractivity contribution >= 4 is 9.84 Å². The Labute approximate surface area is 120 Å². The molecule has 0 fully saturated rings. The molecule has 0 N–H and O–H groups in total. The lowest BCUT2D eigenvalue weighted by atomic mass is 10.1. The van der Waals surface area contributed by atoms with E-state index in [4.69, 9.17) is 4.74 Å². The van der Waals surface area contributed by atoms with E-state index in [1.54, 1.807) is 25.3 Å². The van der Waals surface area contributed by atoms with Crippen molar-refractivity contribution in [2.75, 3.05) is 12.9 Å². The predicted molar refractivity (Wildman–Crippen MR) is 80.8 cm³/mol. The van der Waals surface area contributed by atoms with Gasteiger partial charge in [-0.1, -0.05) is 31.2 Å². The zero-order valence-corrected chi connectivity index (χ0v) is 12.5. The molecule has 0 bridgehead atoms. The number of sulfone groups is 1. The number of methoxy groups -OCH3 is 1. The molecule has 2 rings (SSSR count). The molecule has 0 aromatic heterocycles. The van der Waals surface area contributed by atoms with E-state index in [1.165, 1.54) is 0 Å². The maximum absolute atomic E-state index is 12.1. The highest BCUT2D eigenvalue weighted by Crippen LogP contribution is 2.25. The van der Waals surface area contributed by atoms with Crippen LogP contribution in [0.5, 0.6) is 5.75 Å². The fourth-order valence-corrected chi connectivity index (χ4v) is 3.40. The van der Waals surface area contributed by atoms with Crippen molar-refractivity contribution < 1.29 is 13.2 Å². The molecule has 20 heavy (non-hydrogen) atoms. The maximum atomic E-state index is 12.1. The van der Waals surface area contributed by atoms with Crippen LogP contribution in [0, 0.1) is 0 Å². The fraction of sp³-hybridized carbons (Fsp3) is 0.250. The van der Waals surface area contributed by atoms with Crippen molar-refractivity contribution in [2.45, 2.75) is 18.2 Å². The summed E-state index contributed by atoms with van der Waals surface area (Å²) in [7, 11) is -1.56. The van der Waals surface area contributed by atoms with Gasteiger partial charge >= 0.3 is 0 Å². The summed E-state index contributed by atoms with van der Waals surface area (Å²) < 4.78 is 29.3. The predicted octanol–water partition coefficient (Wildman–Crippen LogP) is 3.55. The minimum atomic E-state index is -3.18. The Bertz CT molecular complexity index is 673. The van der Waals surface area contributed by atoms with Crippen LogP contribution in [0.15, 0.2) is 53.4 Å². The Morgan fingerprint density at radius 2 is 1.70 bits per heavy atom. The molecule has 0 saturated carbocycles. The lowest BCUT2D eigenvalue weighted by Gasteiger charge is -2.07. The SMILES string of the molecule is CCCS(=O)(=O)c1cccc(-c2ccc(OC)cc2)c1. The third kappa shape index (κ3) is 3.20. The molecule has 2 aromatic carbocycles. The van der Waals surface area contributed by atoms with Crippen LogP contribution in [0.4, 0.5) is 0 Å². The summed E-state index contributed by atoms with van der Waals surface area (Å²) in [6.07, 6.45) is 0.620. The van der Waals surface area contributed by atoms with Gasteiger partial charge in [0.25, 0.3) is 0 Å². The van der Waals surface area contributed by atoms with Gasteiger partial charge in [-0.15, -0.1) is 0 Å². The van der Waals surface area contributed by atoms with Crippen LogP contribution < -0.4 is 4.74 Å². The summed E-state index contributed by atoms with van der Waals surface area (Å²) >= 11 is 0. The van der Waals surface area contributed by atoms with Gasteiger partial charge in [0, 0.05) is 0 Å². The van der Waals surface area contributed by atoms with E-state index in [1.807, 2.05) is 37.3 Å². The summed E-state index contributed by atoms with van der Waals surface area (Å²) in [5, 5.41) is 0. The lowest BCUT2D eigenvalue weighted by molar-refractivity contribution is 0.415. The Morgan fingerprint density at radius 3 is 2.30 bits per heavy atom. The lowest BCUT2D eigenvalue weighted by Crippen LogP contribution is -2.05. The Kier molecular flexibility index (Phi) is 4.45. The molecular formula is C16H18O3S. The summed E-state index contributed by atoms with van der Waals surface area (Å²) in [5.74, 6) is 0.961. The Hall–Kier alpha value is -1.81. The molecule has 0 radical (unpaired) electrons. The van der Waals surface area contributed by atoms with Gasteiger partial charge in [0.2, 0.25) is 0 Å². The van der Waals surface area contributed by atoms with Crippen LogP contribution >= 0.6 is 0 Å². The van der Waals surface area contributed by atoms with Crippen LogP contribution in [0.2, 0.25) is 0 Å². The summed E-state index contributed by atoms with van der Waals surface area (Å²) in [4.78, 5) is 0.382. The first-order valence-corrected chi connectivity index (χ1v) is 8.19. The van der Waals surface area contributed by atoms with Gasteiger partial charge in [-0.25, -0.2) is 8.42 Å². The second-order valence-corrected chi connectivity index (χ2v) is 6.68. The van der Waals surface area contributed by atoms with Crippen molar-refractivity contribution in [3.63, 3.8) is 0 Å². The van der Waals surface area contributed by atoms with Gasteiger partial charge in [0.05, 0.1) is 17.8 Å². The number of ether oxygens (including phenoxy) is 1. The Morgan fingerprint density at radius 1 is 1.00 bits per heavy atom. The zero-order chi connectivity index (χ0) is 14.6. The molecule has 0 aliphatic carbocycles. The molecule has 0 atom stereocenters. The third-order valence-electron chi connectivity index (χ3n) is 3.09. The summed E-state index contributed by atoms with van der Waals surface area (Å²) in [5.41, 5.74) is 1.86. The van der Waals surface area contributed by atoms with Gasteiger partial charge in [-0.2, -0.15) is 0 Å². The van der Waals surface area contributed by atoms with E-state index < -0.39 is 9.84 Å². The van der Waals surface area contributed by atoms with E-state index in [0.29, 0.717) is 11.3 Å². The number of hydrogen-bond donors (Lipinski definition) is 0. The Balaban J connectivity index is 2.38. The number of hydrogen-bond acceptors (Lipinski definition) is 3. The monoisotopic (exact) mass is 290 g/mol. The van der Waals surface area contributed by atoms with Crippen molar-refractivity contribution in [1.29, 1.82) is 0 Å². The molecular weight excluding hydrogens is 272 g/mol. The molecule has 3 nitrogen and oxygen atoms in total. The minimum Gasteiger partial charge on any atom is -0.497 e. The topological polar surface area (TPSA) is 43.4 Å². The first kappa shape index (κ1) is 14.6. The highest BCUT2D eigenvalue weighted by molar-refractivity contribution is 7.91. The fourth-order valence-electron chi connectivity index (χ4n) is 2.04. The van der Waals surface area contributed by atoms with Crippen LogP contribution in [0.25, 0.3) is 11.1 Å². The van der Waals surface area contributed by atoms with Crippen molar-refractivity contribution in [1.82, 2.24) is 0 Å². The summed E-state index contributed by atoms with van der Waals surface area (Å²) in [6.45, 7) is 1.87. The first-order chi connectivity index (χ1) is 9.56. The standard InChI is InChI=1S/C16H18O3S/c1-3-11-20(17,18)16-6-4-5-14(12-16)13-7-9-15(19-2)10-8-13/h4-10,12H,3,11H2,1-2H3. The molecule has 0 unspecified atom stereocenters. The normalized spacial score (nSPS) is 11.3. The third-order valence-corrected chi connectivity index (χ3v) is 5.01. The average molecular weight is 290 g/mol. The molecule has 0 saturated heterocycles. The van der Waals surface area contributed by atoms with Crippen molar-refractivity contribution in [2.24, 2.45) is 0 Å². The molecule has 0 aliphatic heterocycles. The van der Waals surface area contributed by atoms with Crippen LogP contribution in [0.1, 0.15) is 13.3 Å². The van der Waals surface area contributed by atoms with Crippen molar-refractivity contribution in [3.8, 4) is 16.9 Å². The molecule has 106 valence electrons. The maximum Gasteiger partial charge on any atom is 0.178 e.